The highest BCUT2D eigenvalue weighted by atomic mass is 35.5. The summed E-state index contributed by atoms with van der Waals surface area (Å²) in [6.07, 6.45) is 0.946. The molecule has 0 aliphatic rings. The fourth-order valence-electron chi connectivity index (χ4n) is 2.98. The zero-order valence-electron chi connectivity index (χ0n) is 16.1. The molecular weight excluding hydrogens is 438 g/mol. The molecule has 5 nitrogen and oxygen atoms in total. The molecule has 1 N–H and O–H groups in total. The van der Waals surface area contributed by atoms with Crippen molar-refractivity contribution >= 4 is 56.5 Å². The number of aromatic nitrogens is 2. The van der Waals surface area contributed by atoms with Gasteiger partial charge < -0.3 is 5.32 Å². The van der Waals surface area contributed by atoms with E-state index in [9.17, 15) is 9.59 Å². The SMILES string of the molecule is CCc1ccc(NC(=O)CSc2nc3ccsc3c(=O)n2-c2cccc(Cl)c2)cc1. The Morgan fingerprint density at radius 3 is 2.73 bits per heavy atom. The summed E-state index contributed by atoms with van der Waals surface area (Å²) in [5, 5.41) is 5.69. The topological polar surface area (TPSA) is 64.0 Å². The van der Waals surface area contributed by atoms with E-state index in [1.165, 1.54) is 33.2 Å². The number of benzene rings is 2. The molecule has 0 aliphatic carbocycles. The van der Waals surface area contributed by atoms with Gasteiger partial charge in [0.25, 0.3) is 5.56 Å². The second kappa shape index (κ2) is 9.04. The lowest BCUT2D eigenvalue weighted by atomic mass is 10.1. The Bertz CT molecular complexity index is 1270. The minimum atomic E-state index is -0.171. The number of rotatable bonds is 6. The van der Waals surface area contributed by atoms with Crippen molar-refractivity contribution < 1.29 is 4.79 Å². The van der Waals surface area contributed by atoms with Crippen LogP contribution >= 0.6 is 34.7 Å². The first-order valence-corrected chi connectivity index (χ1v) is 11.6. The highest BCUT2D eigenvalue weighted by molar-refractivity contribution is 7.99. The summed E-state index contributed by atoms with van der Waals surface area (Å²) in [4.78, 5) is 30.2. The molecule has 0 bridgehead atoms. The van der Waals surface area contributed by atoms with E-state index in [1.54, 1.807) is 24.3 Å². The largest absolute Gasteiger partial charge is 0.325 e. The molecule has 0 saturated carbocycles. The lowest BCUT2D eigenvalue weighted by Gasteiger charge is -2.12. The monoisotopic (exact) mass is 455 g/mol. The fourth-order valence-corrected chi connectivity index (χ4v) is 4.74. The molecule has 4 rings (SSSR count). The van der Waals surface area contributed by atoms with E-state index < -0.39 is 0 Å². The van der Waals surface area contributed by atoms with Crippen LogP contribution in [0.3, 0.4) is 0 Å². The summed E-state index contributed by atoms with van der Waals surface area (Å²) in [6.45, 7) is 2.08. The molecule has 2 aromatic heterocycles. The average Bonchev–Trinajstić information content (AvgIpc) is 3.22. The lowest BCUT2D eigenvalue weighted by Crippen LogP contribution is -2.22. The van der Waals surface area contributed by atoms with Crippen molar-refractivity contribution in [3.05, 3.63) is 80.9 Å². The van der Waals surface area contributed by atoms with Gasteiger partial charge in [0.2, 0.25) is 5.91 Å². The van der Waals surface area contributed by atoms with E-state index in [0.717, 1.165) is 12.1 Å². The molecule has 8 heteroatoms. The first-order chi connectivity index (χ1) is 14.5. The Hall–Kier alpha value is -2.61. The van der Waals surface area contributed by atoms with Gasteiger partial charge in [-0.2, -0.15) is 0 Å². The van der Waals surface area contributed by atoms with Crippen LogP contribution in [0.1, 0.15) is 12.5 Å². The second-order valence-electron chi connectivity index (χ2n) is 6.54. The number of carbonyl (C=O) groups excluding carboxylic acids is 1. The summed E-state index contributed by atoms with van der Waals surface area (Å²) < 4.78 is 2.08. The number of amides is 1. The third kappa shape index (κ3) is 4.43. The molecular formula is C22H18ClN3O2S2. The van der Waals surface area contributed by atoms with E-state index in [0.29, 0.717) is 26.1 Å². The minimum absolute atomic E-state index is 0.123. The van der Waals surface area contributed by atoms with Crippen molar-refractivity contribution in [3.8, 4) is 5.69 Å². The van der Waals surface area contributed by atoms with Crippen molar-refractivity contribution in [3.63, 3.8) is 0 Å². The van der Waals surface area contributed by atoms with Crippen molar-refractivity contribution in [2.75, 3.05) is 11.1 Å². The van der Waals surface area contributed by atoms with E-state index in [4.69, 9.17) is 11.6 Å². The summed E-state index contributed by atoms with van der Waals surface area (Å²) in [7, 11) is 0. The Morgan fingerprint density at radius 2 is 2.00 bits per heavy atom. The number of nitrogens with zero attached hydrogens (tertiary/aromatic N) is 2. The number of carbonyl (C=O) groups is 1. The predicted molar refractivity (Wildman–Crippen MR) is 125 cm³/mol. The number of thioether (sulfide) groups is 1. The van der Waals surface area contributed by atoms with Crippen LogP contribution < -0.4 is 10.9 Å². The van der Waals surface area contributed by atoms with Gasteiger partial charge in [0, 0.05) is 10.7 Å². The molecule has 4 aromatic rings. The fraction of sp³-hybridized carbons (Fsp3) is 0.136. The van der Waals surface area contributed by atoms with Crippen LogP contribution in [0, 0.1) is 0 Å². The molecule has 0 fully saturated rings. The maximum atomic E-state index is 13.1. The molecule has 0 aliphatic heterocycles. The molecule has 0 unspecified atom stereocenters. The van der Waals surface area contributed by atoms with Crippen LogP contribution in [0.25, 0.3) is 15.9 Å². The maximum absolute atomic E-state index is 13.1. The molecule has 0 spiro atoms. The van der Waals surface area contributed by atoms with E-state index in [2.05, 4.69) is 17.2 Å². The van der Waals surface area contributed by atoms with Crippen LogP contribution in [-0.2, 0) is 11.2 Å². The summed E-state index contributed by atoms with van der Waals surface area (Å²) in [5.74, 6) is -0.0420. The third-order valence-corrected chi connectivity index (χ3v) is 6.56. The van der Waals surface area contributed by atoms with Gasteiger partial charge in [-0.05, 0) is 53.8 Å². The van der Waals surface area contributed by atoms with E-state index in [1.807, 2.05) is 35.7 Å². The molecule has 2 aromatic carbocycles. The number of fused-ring (bicyclic) bond motifs is 1. The van der Waals surface area contributed by atoms with Crippen LogP contribution in [0.2, 0.25) is 5.02 Å². The quantitative estimate of drug-likeness (QED) is 0.312. The van der Waals surface area contributed by atoms with Crippen LogP contribution in [-0.4, -0.2) is 21.2 Å². The second-order valence-corrected chi connectivity index (χ2v) is 8.83. The number of nitrogens with one attached hydrogen (secondary N) is 1. The number of thiophene rings is 1. The average molecular weight is 456 g/mol. The van der Waals surface area contributed by atoms with Gasteiger partial charge in [-0.25, -0.2) is 4.98 Å². The van der Waals surface area contributed by atoms with Gasteiger partial charge in [-0.1, -0.05) is 48.5 Å². The molecule has 0 atom stereocenters. The van der Waals surface area contributed by atoms with Gasteiger partial charge in [0.1, 0.15) is 4.70 Å². The zero-order valence-corrected chi connectivity index (χ0v) is 18.5. The molecule has 0 saturated heterocycles. The van der Waals surface area contributed by atoms with E-state index in [-0.39, 0.29) is 17.2 Å². The van der Waals surface area contributed by atoms with Gasteiger partial charge in [0.15, 0.2) is 5.16 Å². The van der Waals surface area contributed by atoms with Crippen LogP contribution in [0.15, 0.2) is 69.9 Å². The van der Waals surface area contributed by atoms with Crippen molar-refractivity contribution in [2.45, 2.75) is 18.5 Å². The first kappa shape index (κ1) is 20.7. The van der Waals surface area contributed by atoms with Crippen molar-refractivity contribution in [1.82, 2.24) is 9.55 Å². The number of halogens is 1. The normalized spacial score (nSPS) is 11.0. The molecule has 2 heterocycles. The summed E-state index contributed by atoms with van der Waals surface area (Å²) in [6, 6.07) is 16.6. The van der Waals surface area contributed by atoms with Crippen molar-refractivity contribution in [1.29, 1.82) is 0 Å². The summed E-state index contributed by atoms with van der Waals surface area (Å²) in [5.41, 5.74) is 3.03. The molecule has 152 valence electrons. The Labute approximate surface area is 186 Å². The van der Waals surface area contributed by atoms with E-state index >= 15 is 0 Å². The lowest BCUT2D eigenvalue weighted by molar-refractivity contribution is -0.113. The molecule has 1 amide bonds. The minimum Gasteiger partial charge on any atom is -0.325 e. The molecule has 0 radical (unpaired) electrons. The highest BCUT2D eigenvalue weighted by Crippen LogP contribution is 2.25. The number of hydrogen-bond acceptors (Lipinski definition) is 5. The third-order valence-electron chi connectivity index (χ3n) is 4.49. The smallest absolute Gasteiger partial charge is 0.276 e. The predicted octanol–water partition coefficient (Wildman–Crippen LogP) is 5.39. The number of hydrogen-bond donors (Lipinski definition) is 1. The van der Waals surface area contributed by atoms with Crippen LogP contribution in [0.4, 0.5) is 5.69 Å². The number of aryl methyl sites for hydroxylation is 1. The Morgan fingerprint density at radius 1 is 1.20 bits per heavy atom. The Kier molecular flexibility index (Phi) is 6.22. The summed E-state index contributed by atoms with van der Waals surface area (Å²) >= 11 is 8.70. The van der Waals surface area contributed by atoms with Gasteiger partial charge in [-0.3, -0.25) is 14.2 Å². The molecule has 30 heavy (non-hydrogen) atoms. The number of anilines is 1. The van der Waals surface area contributed by atoms with Gasteiger partial charge >= 0.3 is 0 Å². The Balaban J connectivity index is 1.60. The maximum Gasteiger partial charge on any atom is 0.276 e. The standard InChI is InChI=1S/C22H18ClN3O2S2/c1-2-14-6-8-16(9-7-14)24-19(27)13-30-22-25-18-10-11-29-20(18)21(28)26(22)17-5-3-4-15(23)12-17/h3-12H,2,13H2,1H3,(H,24,27). The zero-order chi connectivity index (χ0) is 21.1. The van der Waals surface area contributed by atoms with Crippen molar-refractivity contribution in [2.24, 2.45) is 0 Å². The van der Waals surface area contributed by atoms with Gasteiger partial charge in [0.05, 0.1) is 17.0 Å². The van der Waals surface area contributed by atoms with Gasteiger partial charge in [-0.15, -0.1) is 11.3 Å². The first-order valence-electron chi connectivity index (χ1n) is 9.33. The van der Waals surface area contributed by atoms with Crippen LogP contribution in [0.5, 0.6) is 0 Å². The highest BCUT2D eigenvalue weighted by Gasteiger charge is 2.16.